The van der Waals surface area contributed by atoms with Crippen molar-refractivity contribution in [3.63, 3.8) is 0 Å². The van der Waals surface area contributed by atoms with Crippen LogP contribution in [0.25, 0.3) is 0 Å². The first kappa shape index (κ1) is 15.3. The number of nitrogen functional groups attached to an aromatic ring is 1. The van der Waals surface area contributed by atoms with Gasteiger partial charge in [-0.05, 0) is 38.5 Å². The maximum Gasteiger partial charge on any atom is 0.251 e. The van der Waals surface area contributed by atoms with Gasteiger partial charge in [-0.1, -0.05) is 6.92 Å². The fraction of sp³-hybridized carbons (Fsp3) is 0.500. The van der Waals surface area contributed by atoms with Crippen LogP contribution in [0.1, 0.15) is 37.6 Å². The van der Waals surface area contributed by atoms with Crippen LogP contribution in [0.2, 0.25) is 0 Å². The highest BCUT2D eigenvalue weighted by Crippen LogP contribution is 2.25. The lowest BCUT2D eigenvalue weighted by Gasteiger charge is -2.29. The quantitative estimate of drug-likeness (QED) is 0.588. The molecule has 1 aromatic rings. The van der Waals surface area contributed by atoms with Gasteiger partial charge in [-0.15, -0.1) is 0 Å². The van der Waals surface area contributed by atoms with Crippen LogP contribution in [0.4, 0.5) is 11.4 Å². The Balaban J connectivity index is 2.92. The first-order valence-corrected chi connectivity index (χ1v) is 6.52. The molecule has 5 heteroatoms. The number of aliphatic hydroxyl groups excluding tert-OH is 1. The Morgan fingerprint density at radius 3 is 2.58 bits per heavy atom. The zero-order chi connectivity index (χ0) is 14.5. The summed E-state index contributed by atoms with van der Waals surface area (Å²) in [5, 5.41) is 15.3. The third kappa shape index (κ3) is 3.86. The van der Waals surface area contributed by atoms with E-state index >= 15 is 0 Å². The standard InChI is InChI=1S/C14H23N3O2/c1-4-14(3,9-18)17-12-7-6-10(8-11(12)15)13(19)16-5-2/h6-8,17-18H,4-5,9,15H2,1-3H3,(H,16,19). The summed E-state index contributed by atoms with van der Waals surface area (Å²) in [6.07, 6.45) is 0.765. The van der Waals surface area contributed by atoms with Crippen LogP contribution in [0.5, 0.6) is 0 Å². The molecule has 0 heterocycles. The fourth-order valence-electron chi connectivity index (χ4n) is 1.65. The first-order valence-electron chi connectivity index (χ1n) is 6.52. The summed E-state index contributed by atoms with van der Waals surface area (Å²) >= 11 is 0. The lowest BCUT2D eigenvalue weighted by Crippen LogP contribution is -2.38. The van der Waals surface area contributed by atoms with Gasteiger partial charge in [0.15, 0.2) is 0 Å². The first-order chi connectivity index (χ1) is 8.95. The molecule has 1 aromatic carbocycles. The van der Waals surface area contributed by atoms with E-state index in [4.69, 9.17) is 5.73 Å². The van der Waals surface area contributed by atoms with Gasteiger partial charge < -0.3 is 21.5 Å². The van der Waals surface area contributed by atoms with E-state index < -0.39 is 5.54 Å². The lowest BCUT2D eigenvalue weighted by molar-refractivity contribution is 0.0956. The van der Waals surface area contributed by atoms with Crippen molar-refractivity contribution in [3.8, 4) is 0 Å². The number of aliphatic hydroxyl groups is 1. The Hall–Kier alpha value is -1.75. The van der Waals surface area contributed by atoms with Crippen molar-refractivity contribution in [1.82, 2.24) is 5.32 Å². The molecule has 0 aliphatic heterocycles. The highest BCUT2D eigenvalue weighted by atomic mass is 16.3. The van der Waals surface area contributed by atoms with E-state index in [9.17, 15) is 9.90 Å². The minimum absolute atomic E-state index is 0.0149. The number of hydrogen-bond donors (Lipinski definition) is 4. The summed E-state index contributed by atoms with van der Waals surface area (Å²) in [5.74, 6) is -0.138. The molecule has 1 unspecified atom stereocenters. The van der Waals surface area contributed by atoms with Crippen molar-refractivity contribution in [3.05, 3.63) is 23.8 Å². The molecule has 0 saturated heterocycles. The Kier molecular flexibility index (Phi) is 5.18. The summed E-state index contributed by atoms with van der Waals surface area (Å²) in [7, 11) is 0. The molecule has 0 radical (unpaired) electrons. The largest absolute Gasteiger partial charge is 0.397 e. The van der Waals surface area contributed by atoms with Gasteiger partial charge in [-0.25, -0.2) is 0 Å². The van der Waals surface area contributed by atoms with Gasteiger partial charge in [0.05, 0.1) is 23.5 Å². The van der Waals surface area contributed by atoms with E-state index in [1.54, 1.807) is 18.2 Å². The topological polar surface area (TPSA) is 87.4 Å². The zero-order valence-corrected chi connectivity index (χ0v) is 11.8. The van der Waals surface area contributed by atoms with Gasteiger partial charge in [0.1, 0.15) is 0 Å². The van der Waals surface area contributed by atoms with Crippen LogP contribution >= 0.6 is 0 Å². The molecule has 0 saturated carbocycles. The number of carbonyl (C=O) groups is 1. The second-order valence-corrected chi connectivity index (χ2v) is 4.86. The number of amides is 1. The smallest absolute Gasteiger partial charge is 0.251 e. The highest BCUT2D eigenvalue weighted by molar-refractivity contribution is 5.96. The van der Waals surface area contributed by atoms with Crippen LogP contribution in [-0.2, 0) is 0 Å². The monoisotopic (exact) mass is 265 g/mol. The molecule has 5 N–H and O–H groups in total. The van der Waals surface area contributed by atoms with E-state index in [1.165, 1.54) is 0 Å². The lowest BCUT2D eigenvalue weighted by atomic mass is 9.99. The molecule has 0 spiro atoms. The van der Waals surface area contributed by atoms with E-state index in [2.05, 4.69) is 10.6 Å². The van der Waals surface area contributed by atoms with Crippen molar-refractivity contribution in [2.24, 2.45) is 0 Å². The Morgan fingerprint density at radius 1 is 1.42 bits per heavy atom. The molecule has 0 bridgehead atoms. The van der Waals surface area contributed by atoms with E-state index in [-0.39, 0.29) is 12.5 Å². The molecule has 0 aromatic heterocycles. The maximum absolute atomic E-state index is 11.7. The number of anilines is 2. The average Bonchev–Trinajstić information content (AvgIpc) is 2.41. The SMILES string of the molecule is CCNC(=O)c1ccc(NC(C)(CC)CO)c(N)c1. The molecule has 106 valence electrons. The van der Waals surface area contributed by atoms with Gasteiger partial charge in [0.2, 0.25) is 0 Å². The van der Waals surface area contributed by atoms with Crippen LogP contribution in [0, 0.1) is 0 Å². The molecule has 1 amide bonds. The van der Waals surface area contributed by atoms with Crippen LogP contribution in [0.3, 0.4) is 0 Å². The summed E-state index contributed by atoms with van der Waals surface area (Å²) < 4.78 is 0. The number of nitrogens with one attached hydrogen (secondary N) is 2. The summed E-state index contributed by atoms with van der Waals surface area (Å²) in [5.41, 5.74) is 7.29. The number of nitrogens with two attached hydrogens (primary N) is 1. The Morgan fingerprint density at radius 2 is 2.11 bits per heavy atom. The van der Waals surface area contributed by atoms with E-state index in [0.717, 1.165) is 12.1 Å². The van der Waals surface area contributed by atoms with E-state index in [1.807, 2.05) is 20.8 Å². The predicted octanol–water partition coefficient (Wildman–Crippen LogP) is 1.59. The van der Waals surface area contributed by atoms with Gasteiger partial charge in [0.25, 0.3) is 5.91 Å². The fourth-order valence-corrected chi connectivity index (χ4v) is 1.65. The van der Waals surface area contributed by atoms with Gasteiger partial charge in [-0.2, -0.15) is 0 Å². The van der Waals surface area contributed by atoms with Gasteiger partial charge in [-0.3, -0.25) is 4.79 Å². The summed E-state index contributed by atoms with van der Waals surface area (Å²) in [6.45, 7) is 6.37. The molecule has 5 nitrogen and oxygen atoms in total. The maximum atomic E-state index is 11.7. The van der Waals surface area contributed by atoms with Crippen LogP contribution in [0.15, 0.2) is 18.2 Å². The zero-order valence-electron chi connectivity index (χ0n) is 11.8. The number of benzene rings is 1. The minimum atomic E-state index is -0.415. The van der Waals surface area contributed by atoms with Crippen LogP contribution < -0.4 is 16.4 Å². The molecule has 19 heavy (non-hydrogen) atoms. The number of hydrogen-bond acceptors (Lipinski definition) is 4. The van der Waals surface area contributed by atoms with Crippen molar-refractivity contribution >= 4 is 17.3 Å². The van der Waals surface area contributed by atoms with Crippen molar-refractivity contribution < 1.29 is 9.90 Å². The second-order valence-electron chi connectivity index (χ2n) is 4.86. The van der Waals surface area contributed by atoms with Crippen molar-refractivity contribution in [2.75, 3.05) is 24.2 Å². The highest BCUT2D eigenvalue weighted by Gasteiger charge is 2.21. The van der Waals surface area contributed by atoms with Crippen molar-refractivity contribution in [1.29, 1.82) is 0 Å². The third-order valence-electron chi connectivity index (χ3n) is 3.22. The Labute approximate surface area is 114 Å². The number of carbonyl (C=O) groups excluding carboxylic acids is 1. The normalized spacial score (nSPS) is 13.7. The minimum Gasteiger partial charge on any atom is -0.397 e. The van der Waals surface area contributed by atoms with Gasteiger partial charge >= 0.3 is 0 Å². The predicted molar refractivity (Wildman–Crippen MR) is 78.3 cm³/mol. The second kappa shape index (κ2) is 6.43. The number of rotatable bonds is 6. The third-order valence-corrected chi connectivity index (χ3v) is 3.22. The summed E-state index contributed by atoms with van der Waals surface area (Å²) in [6, 6.07) is 5.13. The molecule has 1 atom stereocenters. The van der Waals surface area contributed by atoms with Crippen molar-refractivity contribution in [2.45, 2.75) is 32.7 Å². The van der Waals surface area contributed by atoms with E-state index in [0.29, 0.717) is 17.8 Å². The molecule has 0 aliphatic rings. The van der Waals surface area contributed by atoms with Gasteiger partial charge in [0, 0.05) is 12.1 Å². The molecular weight excluding hydrogens is 242 g/mol. The summed E-state index contributed by atoms with van der Waals surface area (Å²) in [4.78, 5) is 11.7. The molecular formula is C14H23N3O2. The Bertz CT molecular complexity index is 442. The average molecular weight is 265 g/mol. The molecule has 1 rings (SSSR count). The van der Waals surface area contributed by atoms with Crippen LogP contribution in [-0.4, -0.2) is 29.7 Å². The molecule has 0 fully saturated rings. The molecule has 0 aliphatic carbocycles.